The highest BCUT2D eigenvalue weighted by molar-refractivity contribution is 5.54. The van der Waals surface area contributed by atoms with Gasteiger partial charge < -0.3 is 10.1 Å². The molecule has 0 bridgehead atoms. The molecule has 1 N–H and O–H groups in total. The molecule has 2 aromatic heterocycles. The number of pyridine rings is 1. The fourth-order valence-electron chi connectivity index (χ4n) is 1.79. The van der Waals surface area contributed by atoms with Gasteiger partial charge in [-0.3, -0.25) is 4.68 Å². The number of nitrogens with zero attached hydrogens (tertiary/aromatic N) is 3. The summed E-state index contributed by atoms with van der Waals surface area (Å²) in [7, 11) is 1.68. The first-order chi connectivity index (χ1) is 9.49. The van der Waals surface area contributed by atoms with Gasteiger partial charge in [0.2, 0.25) is 0 Å². The summed E-state index contributed by atoms with van der Waals surface area (Å²) in [6.45, 7) is 7.93. The van der Waals surface area contributed by atoms with Crippen molar-refractivity contribution in [3.63, 3.8) is 0 Å². The van der Waals surface area contributed by atoms with Crippen LogP contribution in [0.2, 0.25) is 0 Å². The average molecular weight is 274 g/mol. The Morgan fingerprint density at radius 1 is 1.25 bits per heavy atom. The van der Waals surface area contributed by atoms with E-state index in [-0.39, 0.29) is 5.41 Å². The zero-order valence-electron chi connectivity index (χ0n) is 12.6. The molecule has 0 aromatic carbocycles. The van der Waals surface area contributed by atoms with E-state index >= 15 is 0 Å². The van der Waals surface area contributed by atoms with Crippen LogP contribution in [0.5, 0.6) is 0 Å². The second-order valence-electron chi connectivity index (χ2n) is 5.79. The number of hydrogen-bond acceptors (Lipinski definition) is 4. The molecule has 5 heteroatoms. The number of rotatable bonds is 5. The molecule has 0 spiro atoms. The van der Waals surface area contributed by atoms with Gasteiger partial charge in [-0.15, -0.1) is 0 Å². The maximum Gasteiger partial charge on any atom is 0.130 e. The second kappa shape index (κ2) is 6.05. The fraction of sp³-hybridized carbons (Fsp3) is 0.467. The topological polar surface area (TPSA) is 52.0 Å². The lowest BCUT2D eigenvalue weighted by Crippen LogP contribution is -2.11. The molecule has 0 aliphatic heterocycles. The number of nitrogens with one attached hydrogen (secondary N) is 1. The molecule has 0 fully saturated rings. The second-order valence-corrected chi connectivity index (χ2v) is 5.79. The minimum atomic E-state index is 0.122. The van der Waals surface area contributed by atoms with E-state index in [0.717, 1.165) is 18.1 Å². The molecular weight excluding hydrogens is 252 g/mol. The zero-order chi connectivity index (χ0) is 14.6. The van der Waals surface area contributed by atoms with Gasteiger partial charge in [0.25, 0.3) is 0 Å². The van der Waals surface area contributed by atoms with Crippen molar-refractivity contribution >= 4 is 11.5 Å². The quantitative estimate of drug-likeness (QED) is 0.910. The van der Waals surface area contributed by atoms with Crippen LogP contribution in [0.4, 0.5) is 11.5 Å². The van der Waals surface area contributed by atoms with Crippen LogP contribution < -0.4 is 5.32 Å². The van der Waals surface area contributed by atoms with Crippen LogP contribution in [0.1, 0.15) is 26.3 Å². The van der Waals surface area contributed by atoms with Gasteiger partial charge in [-0.05, 0) is 17.0 Å². The molecule has 0 radical (unpaired) electrons. The summed E-state index contributed by atoms with van der Waals surface area (Å²) in [6, 6.07) is 4.09. The maximum absolute atomic E-state index is 5.02. The molecule has 2 heterocycles. The monoisotopic (exact) mass is 274 g/mol. The van der Waals surface area contributed by atoms with Gasteiger partial charge in [0.15, 0.2) is 0 Å². The van der Waals surface area contributed by atoms with E-state index in [1.807, 2.05) is 23.1 Å². The van der Waals surface area contributed by atoms with E-state index in [2.05, 4.69) is 42.2 Å². The molecule has 0 saturated carbocycles. The summed E-state index contributed by atoms with van der Waals surface area (Å²) in [5.74, 6) is 0.823. The lowest BCUT2D eigenvalue weighted by Gasteiger charge is -2.18. The van der Waals surface area contributed by atoms with Gasteiger partial charge in [0, 0.05) is 19.5 Å². The van der Waals surface area contributed by atoms with Gasteiger partial charge in [-0.25, -0.2) is 4.98 Å². The average Bonchev–Trinajstić information content (AvgIpc) is 2.83. The van der Waals surface area contributed by atoms with E-state index < -0.39 is 0 Å². The standard InChI is InChI=1S/C15H22N4O/c1-15(2,3)12-5-6-14(16-9-12)18-13-10-17-19(11-13)7-8-20-4/h5-6,9-11H,7-8H2,1-4H3,(H,16,18). The van der Waals surface area contributed by atoms with Crippen LogP contribution in [0, 0.1) is 0 Å². The van der Waals surface area contributed by atoms with Crippen molar-refractivity contribution in [2.24, 2.45) is 0 Å². The summed E-state index contributed by atoms with van der Waals surface area (Å²) in [5.41, 5.74) is 2.27. The fourth-order valence-corrected chi connectivity index (χ4v) is 1.79. The smallest absolute Gasteiger partial charge is 0.130 e. The van der Waals surface area contributed by atoms with E-state index in [1.165, 1.54) is 5.56 Å². The van der Waals surface area contributed by atoms with Crippen molar-refractivity contribution < 1.29 is 4.74 Å². The minimum absolute atomic E-state index is 0.122. The van der Waals surface area contributed by atoms with E-state index in [0.29, 0.717) is 6.61 Å². The van der Waals surface area contributed by atoms with Crippen LogP contribution in [0.15, 0.2) is 30.7 Å². The Morgan fingerprint density at radius 3 is 2.65 bits per heavy atom. The Hall–Kier alpha value is -1.88. The van der Waals surface area contributed by atoms with Gasteiger partial charge >= 0.3 is 0 Å². The lowest BCUT2D eigenvalue weighted by atomic mass is 9.88. The van der Waals surface area contributed by atoms with Gasteiger partial charge in [0.1, 0.15) is 5.82 Å². The van der Waals surface area contributed by atoms with Crippen molar-refractivity contribution in [2.75, 3.05) is 19.0 Å². The Labute approximate surface area is 120 Å². The third-order valence-corrected chi connectivity index (χ3v) is 3.06. The molecule has 108 valence electrons. The number of ether oxygens (including phenoxy) is 1. The van der Waals surface area contributed by atoms with Crippen molar-refractivity contribution in [3.8, 4) is 0 Å². The molecule has 5 nitrogen and oxygen atoms in total. The first kappa shape index (κ1) is 14.5. The highest BCUT2D eigenvalue weighted by atomic mass is 16.5. The maximum atomic E-state index is 5.02. The third-order valence-electron chi connectivity index (χ3n) is 3.06. The molecule has 0 atom stereocenters. The number of methoxy groups -OCH3 is 1. The largest absolute Gasteiger partial charge is 0.383 e. The summed E-state index contributed by atoms with van der Waals surface area (Å²) in [6.07, 6.45) is 5.64. The van der Waals surface area contributed by atoms with Crippen LogP contribution in [-0.4, -0.2) is 28.5 Å². The highest BCUT2D eigenvalue weighted by Gasteiger charge is 2.13. The normalized spacial score (nSPS) is 11.6. The Bertz CT molecular complexity index is 540. The highest BCUT2D eigenvalue weighted by Crippen LogP contribution is 2.22. The van der Waals surface area contributed by atoms with E-state index in [1.54, 1.807) is 13.3 Å². The van der Waals surface area contributed by atoms with Crippen LogP contribution >= 0.6 is 0 Å². The van der Waals surface area contributed by atoms with Crippen LogP contribution in [0.3, 0.4) is 0 Å². The molecule has 0 saturated heterocycles. The molecule has 0 aliphatic carbocycles. The van der Waals surface area contributed by atoms with Crippen molar-refractivity contribution in [3.05, 3.63) is 36.3 Å². The predicted octanol–water partition coefficient (Wildman–Crippen LogP) is 2.97. The van der Waals surface area contributed by atoms with Gasteiger partial charge in [-0.2, -0.15) is 5.10 Å². The lowest BCUT2D eigenvalue weighted by molar-refractivity contribution is 0.183. The van der Waals surface area contributed by atoms with E-state index in [9.17, 15) is 0 Å². The van der Waals surface area contributed by atoms with Crippen LogP contribution in [0.25, 0.3) is 0 Å². The first-order valence-corrected chi connectivity index (χ1v) is 6.74. The molecule has 0 unspecified atom stereocenters. The molecular formula is C15H22N4O. The Kier molecular flexibility index (Phi) is 4.39. The van der Waals surface area contributed by atoms with Crippen molar-refractivity contribution in [2.45, 2.75) is 32.7 Å². The molecule has 0 amide bonds. The SMILES string of the molecule is COCCn1cc(Nc2ccc(C(C)(C)C)cn2)cn1. The zero-order valence-corrected chi connectivity index (χ0v) is 12.6. The summed E-state index contributed by atoms with van der Waals surface area (Å²) in [4.78, 5) is 4.44. The van der Waals surface area contributed by atoms with Crippen molar-refractivity contribution in [1.29, 1.82) is 0 Å². The summed E-state index contributed by atoms with van der Waals surface area (Å²) in [5, 5.41) is 7.50. The van der Waals surface area contributed by atoms with E-state index in [4.69, 9.17) is 4.74 Å². The summed E-state index contributed by atoms with van der Waals surface area (Å²) < 4.78 is 6.87. The number of hydrogen-bond donors (Lipinski definition) is 1. The predicted molar refractivity (Wildman–Crippen MR) is 80.3 cm³/mol. The Balaban J connectivity index is 2.01. The van der Waals surface area contributed by atoms with Gasteiger partial charge in [-0.1, -0.05) is 26.8 Å². The number of anilines is 2. The van der Waals surface area contributed by atoms with Crippen LogP contribution in [-0.2, 0) is 16.7 Å². The third kappa shape index (κ3) is 3.81. The van der Waals surface area contributed by atoms with Gasteiger partial charge in [0.05, 0.1) is 25.0 Å². The minimum Gasteiger partial charge on any atom is -0.383 e. The molecule has 2 aromatic rings. The molecule has 20 heavy (non-hydrogen) atoms. The number of aromatic nitrogens is 3. The van der Waals surface area contributed by atoms with Crippen molar-refractivity contribution in [1.82, 2.24) is 14.8 Å². The molecule has 2 rings (SSSR count). The Morgan fingerprint density at radius 2 is 2.05 bits per heavy atom. The molecule has 0 aliphatic rings. The summed E-state index contributed by atoms with van der Waals surface area (Å²) >= 11 is 0. The first-order valence-electron chi connectivity index (χ1n) is 6.74.